The van der Waals surface area contributed by atoms with Crippen LogP contribution in [-0.4, -0.2) is 13.2 Å². The molecule has 5 atom stereocenters. The molecule has 108 valence electrons. The number of benzene rings is 1. The van der Waals surface area contributed by atoms with E-state index in [0.717, 1.165) is 48.2 Å². The summed E-state index contributed by atoms with van der Waals surface area (Å²) in [5, 5.41) is 0. The largest absolute Gasteiger partial charge is 0.497 e. The van der Waals surface area contributed by atoms with E-state index in [1.807, 2.05) is 12.1 Å². The van der Waals surface area contributed by atoms with Crippen molar-refractivity contribution in [1.29, 1.82) is 0 Å². The van der Waals surface area contributed by atoms with Crippen molar-refractivity contribution in [2.75, 3.05) is 7.11 Å². The van der Waals surface area contributed by atoms with Gasteiger partial charge in [0.05, 0.1) is 7.11 Å². The van der Waals surface area contributed by atoms with Gasteiger partial charge in [-0.3, -0.25) is 0 Å². The fourth-order valence-corrected chi connectivity index (χ4v) is 5.28. The lowest BCUT2D eigenvalue weighted by Crippen LogP contribution is -2.26. The molecule has 0 aliphatic heterocycles. The summed E-state index contributed by atoms with van der Waals surface area (Å²) in [5.74, 6) is 5.91. The van der Waals surface area contributed by atoms with E-state index in [2.05, 4.69) is 12.1 Å². The highest BCUT2D eigenvalue weighted by Crippen LogP contribution is 2.70. The number of hydrogen-bond acceptors (Lipinski definition) is 2. The molecule has 0 aromatic heterocycles. The van der Waals surface area contributed by atoms with Crippen LogP contribution in [0.25, 0.3) is 0 Å². The molecular weight excluding hydrogens is 246 g/mol. The molecule has 0 heterocycles. The molecule has 0 spiro atoms. The highest BCUT2D eigenvalue weighted by molar-refractivity contribution is 5.27. The molecule has 0 saturated heterocycles. The summed E-state index contributed by atoms with van der Waals surface area (Å²) >= 11 is 0. The first-order valence-electron chi connectivity index (χ1n) is 8.16. The van der Waals surface area contributed by atoms with E-state index in [1.54, 1.807) is 7.11 Å². The summed E-state index contributed by atoms with van der Waals surface area (Å²) < 4.78 is 5.20. The summed E-state index contributed by atoms with van der Waals surface area (Å²) in [5.41, 5.74) is 7.88. The lowest BCUT2D eigenvalue weighted by molar-refractivity contribution is 0.398. The molecule has 1 aromatic rings. The zero-order valence-electron chi connectivity index (χ0n) is 12.3. The van der Waals surface area contributed by atoms with Crippen molar-refractivity contribution < 1.29 is 4.74 Å². The molecule has 3 saturated carbocycles. The van der Waals surface area contributed by atoms with Gasteiger partial charge in [0.1, 0.15) is 5.75 Å². The SMILES string of the molecule is COc1ccc(CCC(N)C2C3C4CCC(C4)C23)cc1. The van der Waals surface area contributed by atoms with Crippen molar-refractivity contribution in [3.63, 3.8) is 0 Å². The third kappa shape index (κ3) is 1.96. The zero-order valence-corrected chi connectivity index (χ0v) is 12.3. The topological polar surface area (TPSA) is 35.2 Å². The van der Waals surface area contributed by atoms with Crippen LogP contribution in [0.4, 0.5) is 0 Å². The van der Waals surface area contributed by atoms with Gasteiger partial charge in [-0.15, -0.1) is 0 Å². The van der Waals surface area contributed by atoms with Crippen molar-refractivity contribution in [2.45, 2.75) is 38.1 Å². The first-order valence-corrected chi connectivity index (χ1v) is 8.16. The number of hydrogen-bond donors (Lipinski definition) is 1. The standard InChI is InChI=1S/C18H25NO/c1-20-14-7-2-11(3-8-14)4-9-15(19)18-16-12-5-6-13(10-12)17(16)18/h2-3,7-8,12-13,15-18H,4-6,9-10,19H2,1H3. The number of aryl methyl sites for hydroxylation is 1. The van der Waals surface area contributed by atoms with Crippen LogP contribution in [0.15, 0.2) is 24.3 Å². The van der Waals surface area contributed by atoms with E-state index in [1.165, 1.54) is 24.8 Å². The molecule has 2 N–H and O–H groups in total. The van der Waals surface area contributed by atoms with Crippen molar-refractivity contribution in [2.24, 2.45) is 35.3 Å². The van der Waals surface area contributed by atoms with Gasteiger partial charge in [-0.2, -0.15) is 0 Å². The minimum atomic E-state index is 0.426. The van der Waals surface area contributed by atoms with Crippen LogP contribution >= 0.6 is 0 Å². The summed E-state index contributed by atoms with van der Waals surface area (Å²) in [6.07, 6.45) is 6.76. The van der Waals surface area contributed by atoms with E-state index >= 15 is 0 Å². The lowest BCUT2D eigenvalue weighted by Gasteiger charge is -2.16. The molecule has 20 heavy (non-hydrogen) atoms. The molecule has 3 aliphatic rings. The third-order valence-corrected chi connectivity index (χ3v) is 6.21. The lowest BCUT2D eigenvalue weighted by atomic mass is 9.94. The van der Waals surface area contributed by atoms with Gasteiger partial charge in [0.25, 0.3) is 0 Å². The number of nitrogens with two attached hydrogens (primary N) is 1. The predicted octanol–water partition coefficient (Wildman–Crippen LogP) is 3.25. The molecule has 3 aliphatic carbocycles. The Bertz CT molecular complexity index is 467. The van der Waals surface area contributed by atoms with Crippen LogP contribution < -0.4 is 10.5 Å². The quantitative estimate of drug-likeness (QED) is 0.892. The van der Waals surface area contributed by atoms with E-state index in [0.29, 0.717) is 6.04 Å². The molecule has 2 nitrogen and oxygen atoms in total. The van der Waals surface area contributed by atoms with E-state index in [4.69, 9.17) is 10.5 Å². The molecule has 2 bridgehead atoms. The van der Waals surface area contributed by atoms with Crippen LogP contribution in [0.5, 0.6) is 5.75 Å². The van der Waals surface area contributed by atoms with Crippen LogP contribution in [0.2, 0.25) is 0 Å². The second kappa shape index (κ2) is 4.77. The molecular formula is C18H25NO. The Balaban J connectivity index is 1.31. The van der Waals surface area contributed by atoms with Gasteiger partial charge in [0.15, 0.2) is 0 Å². The summed E-state index contributed by atoms with van der Waals surface area (Å²) in [6, 6.07) is 8.86. The van der Waals surface area contributed by atoms with Crippen molar-refractivity contribution >= 4 is 0 Å². The Labute approximate surface area is 121 Å². The predicted molar refractivity (Wildman–Crippen MR) is 80.6 cm³/mol. The van der Waals surface area contributed by atoms with Gasteiger partial charge in [-0.05, 0) is 79.4 Å². The maximum Gasteiger partial charge on any atom is 0.118 e. The monoisotopic (exact) mass is 271 g/mol. The Morgan fingerprint density at radius 2 is 1.80 bits per heavy atom. The summed E-state index contributed by atoms with van der Waals surface area (Å²) in [7, 11) is 1.71. The molecule has 2 heteroatoms. The number of fused-ring (bicyclic) bond motifs is 5. The Morgan fingerprint density at radius 3 is 2.40 bits per heavy atom. The Morgan fingerprint density at radius 1 is 1.15 bits per heavy atom. The minimum Gasteiger partial charge on any atom is -0.497 e. The third-order valence-electron chi connectivity index (χ3n) is 6.21. The van der Waals surface area contributed by atoms with Crippen LogP contribution in [-0.2, 0) is 6.42 Å². The molecule has 1 aromatic carbocycles. The van der Waals surface area contributed by atoms with Gasteiger partial charge >= 0.3 is 0 Å². The fourth-order valence-electron chi connectivity index (χ4n) is 5.28. The van der Waals surface area contributed by atoms with Crippen molar-refractivity contribution in [1.82, 2.24) is 0 Å². The second-order valence-electron chi connectivity index (χ2n) is 7.12. The molecule has 0 amide bonds. The molecule has 0 radical (unpaired) electrons. The molecule has 4 rings (SSSR count). The van der Waals surface area contributed by atoms with Gasteiger partial charge in [0, 0.05) is 6.04 Å². The Kier molecular flexibility index (Phi) is 3.03. The van der Waals surface area contributed by atoms with E-state index in [9.17, 15) is 0 Å². The average Bonchev–Trinajstić information content (AvgIpc) is 2.93. The van der Waals surface area contributed by atoms with Gasteiger partial charge < -0.3 is 10.5 Å². The van der Waals surface area contributed by atoms with E-state index < -0.39 is 0 Å². The average molecular weight is 271 g/mol. The number of methoxy groups -OCH3 is 1. The second-order valence-corrected chi connectivity index (χ2v) is 7.12. The fraction of sp³-hybridized carbons (Fsp3) is 0.667. The minimum absolute atomic E-state index is 0.426. The van der Waals surface area contributed by atoms with Crippen LogP contribution in [0.1, 0.15) is 31.2 Å². The Hall–Kier alpha value is -1.02. The molecule has 3 fully saturated rings. The van der Waals surface area contributed by atoms with Gasteiger partial charge in [0.2, 0.25) is 0 Å². The maximum absolute atomic E-state index is 6.50. The number of rotatable bonds is 5. The van der Waals surface area contributed by atoms with Crippen molar-refractivity contribution in [3.8, 4) is 5.75 Å². The zero-order chi connectivity index (χ0) is 13.7. The van der Waals surface area contributed by atoms with Crippen LogP contribution in [0, 0.1) is 29.6 Å². The highest BCUT2D eigenvalue weighted by Gasteiger charge is 2.65. The van der Waals surface area contributed by atoms with E-state index in [-0.39, 0.29) is 0 Å². The highest BCUT2D eigenvalue weighted by atomic mass is 16.5. The van der Waals surface area contributed by atoms with Crippen molar-refractivity contribution in [3.05, 3.63) is 29.8 Å². The first-order chi connectivity index (χ1) is 9.78. The van der Waals surface area contributed by atoms with Crippen LogP contribution in [0.3, 0.4) is 0 Å². The summed E-state index contributed by atoms with van der Waals surface area (Å²) in [4.78, 5) is 0. The van der Waals surface area contributed by atoms with Gasteiger partial charge in [-0.1, -0.05) is 12.1 Å². The maximum atomic E-state index is 6.50. The first kappa shape index (κ1) is 12.7. The molecule has 5 unspecified atom stereocenters. The normalized spacial score (nSPS) is 38.6. The summed E-state index contributed by atoms with van der Waals surface area (Å²) in [6.45, 7) is 0. The van der Waals surface area contributed by atoms with Gasteiger partial charge in [-0.25, -0.2) is 0 Å². The smallest absolute Gasteiger partial charge is 0.118 e. The number of ether oxygens (including phenoxy) is 1.